The maximum Gasteiger partial charge on any atom is 0.254 e. The van der Waals surface area contributed by atoms with Crippen LogP contribution in [0.25, 0.3) is 0 Å². The van der Waals surface area contributed by atoms with Gasteiger partial charge in [0, 0.05) is 31.6 Å². The van der Waals surface area contributed by atoms with Crippen molar-refractivity contribution in [2.45, 2.75) is 38.5 Å². The molecule has 0 unspecified atom stereocenters. The average Bonchev–Trinajstić information content (AvgIpc) is 3.34. The van der Waals surface area contributed by atoms with Crippen molar-refractivity contribution in [3.05, 3.63) is 17.7 Å². The summed E-state index contributed by atoms with van der Waals surface area (Å²) in [6, 6.07) is 3.37. The van der Waals surface area contributed by atoms with Crippen molar-refractivity contribution in [1.29, 1.82) is 0 Å². The van der Waals surface area contributed by atoms with Crippen LogP contribution in [0.4, 0.5) is 0 Å². The number of piperidine rings is 1. The van der Waals surface area contributed by atoms with Crippen molar-refractivity contribution in [3.63, 3.8) is 0 Å². The molecule has 1 aromatic carbocycles. The minimum Gasteiger partial charge on any atom is -0.493 e. The first-order chi connectivity index (χ1) is 15.5. The second-order valence-electron chi connectivity index (χ2n) is 8.61. The van der Waals surface area contributed by atoms with Crippen LogP contribution in [0.5, 0.6) is 17.2 Å². The molecule has 2 amide bonds. The minimum atomic E-state index is -0.0610. The zero-order chi connectivity index (χ0) is 22.9. The molecule has 2 aliphatic rings. The van der Waals surface area contributed by atoms with Crippen LogP contribution in [0.2, 0.25) is 0 Å². The molecular weight excluding hydrogens is 410 g/mol. The van der Waals surface area contributed by atoms with Gasteiger partial charge in [0.05, 0.1) is 21.3 Å². The van der Waals surface area contributed by atoms with Crippen molar-refractivity contribution < 1.29 is 23.8 Å². The van der Waals surface area contributed by atoms with E-state index < -0.39 is 0 Å². The van der Waals surface area contributed by atoms with Gasteiger partial charge in [-0.2, -0.15) is 0 Å². The Balaban J connectivity index is 1.43. The van der Waals surface area contributed by atoms with Gasteiger partial charge in [0.25, 0.3) is 5.91 Å². The summed E-state index contributed by atoms with van der Waals surface area (Å²) in [7, 11) is 4.61. The number of ether oxygens (including phenoxy) is 3. The van der Waals surface area contributed by atoms with Gasteiger partial charge in [0.2, 0.25) is 11.7 Å². The second kappa shape index (κ2) is 11.9. The van der Waals surface area contributed by atoms with Gasteiger partial charge in [0.15, 0.2) is 11.5 Å². The molecule has 1 N–H and O–H groups in total. The van der Waals surface area contributed by atoms with Gasteiger partial charge >= 0.3 is 0 Å². The van der Waals surface area contributed by atoms with E-state index in [9.17, 15) is 9.59 Å². The van der Waals surface area contributed by atoms with E-state index in [1.54, 1.807) is 12.1 Å². The van der Waals surface area contributed by atoms with E-state index >= 15 is 0 Å². The molecule has 0 radical (unpaired) electrons. The first-order valence-electron chi connectivity index (χ1n) is 11.6. The highest BCUT2D eigenvalue weighted by atomic mass is 16.5. The number of likely N-dealkylation sites (tertiary alicyclic amines) is 2. The summed E-state index contributed by atoms with van der Waals surface area (Å²) in [5.41, 5.74) is 0.508. The smallest absolute Gasteiger partial charge is 0.254 e. The molecular formula is C24H37N3O5. The number of nitrogens with zero attached hydrogens (tertiary/aromatic N) is 2. The summed E-state index contributed by atoms with van der Waals surface area (Å²) >= 11 is 0. The summed E-state index contributed by atoms with van der Waals surface area (Å²) < 4.78 is 16.1. The molecule has 0 spiro atoms. The third kappa shape index (κ3) is 6.28. The molecule has 2 aliphatic heterocycles. The predicted molar refractivity (Wildman–Crippen MR) is 123 cm³/mol. The van der Waals surface area contributed by atoms with Gasteiger partial charge in [-0.1, -0.05) is 0 Å². The maximum atomic E-state index is 13.0. The normalized spacial score (nSPS) is 17.3. The summed E-state index contributed by atoms with van der Waals surface area (Å²) in [6.45, 7) is 5.49. The maximum absolute atomic E-state index is 13.0. The van der Waals surface area contributed by atoms with Crippen molar-refractivity contribution in [1.82, 2.24) is 15.1 Å². The Morgan fingerprint density at radius 3 is 2.16 bits per heavy atom. The standard InChI is InChI=1S/C24H37N3O5/c1-30-20-16-19(17-21(31-2)23(20)32-3)24(29)27-13-7-18(8-14-27)15-22(28)25-9-6-12-26-10-4-5-11-26/h16-18H,4-15H2,1-3H3,(H,25,28). The number of hydrogen-bond donors (Lipinski definition) is 1. The molecule has 0 atom stereocenters. The Kier molecular flexibility index (Phi) is 9.02. The molecule has 2 heterocycles. The van der Waals surface area contributed by atoms with Crippen LogP contribution in [0.3, 0.4) is 0 Å². The van der Waals surface area contributed by atoms with E-state index in [0.29, 0.717) is 48.2 Å². The molecule has 0 saturated carbocycles. The highest BCUT2D eigenvalue weighted by Crippen LogP contribution is 2.38. The molecule has 32 heavy (non-hydrogen) atoms. The van der Waals surface area contributed by atoms with E-state index in [-0.39, 0.29) is 11.8 Å². The zero-order valence-electron chi connectivity index (χ0n) is 19.7. The highest BCUT2D eigenvalue weighted by molar-refractivity contribution is 5.95. The van der Waals surface area contributed by atoms with Crippen LogP contribution in [0, 0.1) is 5.92 Å². The van der Waals surface area contributed by atoms with Gasteiger partial charge in [-0.15, -0.1) is 0 Å². The lowest BCUT2D eigenvalue weighted by Gasteiger charge is -2.32. The fourth-order valence-electron chi connectivity index (χ4n) is 4.60. The number of nitrogens with one attached hydrogen (secondary N) is 1. The number of methoxy groups -OCH3 is 3. The Bertz CT molecular complexity index is 746. The lowest BCUT2D eigenvalue weighted by Crippen LogP contribution is -2.39. The summed E-state index contributed by atoms with van der Waals surface area (Å²) in [4.78, 5) is 29.6. The number of amides is 2. The SMILES string of the molecule is COc1cc(C(=O)N2CCC(CC(=O)NCCCN3CCCC3)CC2)cc(OC)c1OC. The van der Waals surface area contributed by atoms with Gasteiger partial charge in [-0.05, 0) is 69.8 Å². The second-order valence-corrected chi connectivity index (χ2v) is 8.61. The predicted octanol–water partition coefficient (Wildman–Crippen LogP) is 2.56. The fourth-order valence-corrected chi connectivity index (χ4v) is 4.60. The van der Waals surface area contributed by atoms with Crippen LogP contribution in [-0.2, 0) is 4.79 Å². The molecule has 8 nitrogen and oxygen atoms in total. The number of carbonyl (C=O) groups is 2. The summed E-state index contributed by atoms with van der Waals surface area (Å²) in [5.74, 6) is 1.78. The van der Waals surface area contributed by atoms with Crippen molar-refractivity contribution >= 4 is 11.8 Å². The van der Waals surface area contributed by atoms with Gasteiger partial charge in [-0.3, -0.25) is 9.59 Å². The quantitative estimate of drug-likeness (QED) is 0.556. The van der Waals surface area contributed by atoms with Crippen LogP contribution in [0.1, 0.15) is 48.9 Å². The summed E-state index contributed by atoms with van der Waals surface area (Å²) in [6.07, 6.45) is 5.80. The molecule has 0 aliphatic carbocycles. The zero-order valence-corrected chi connectivity index (χ0v) is 19.7. The van der Waals surface area contributed by atoms with Crippen LogP contribution >= 0.6 is 0 Å². The van der Waals surface area contributed by atoms with Gasteiger partial charge in [-0.25, -0.2) is 0 Å². The van der Waals surface area contributed by atoms with Gasteiger partial charge < -0.3 is 29.3 Å². The van der Waals surface area contributed by atoms with E-state index in [0.717, 1.165) is 32.4 Å². The topological polar surface area (TPSA) is 80.3 Å². The van der Waals surface area contributed by atoms with Crippen LogP contribution < -0.4 is 19.5 Å². The number of benzene rings is 1. The van der Waals surface area contributed by atoms with Crippen molar-refractivity contribution in [2.24, 2.45) is 5.92 Å². The Hall–Kier alpha value is -2.48. The molecule has 0 bridgehead atoms. The Morgan fingerprint density at radius 1 is 0.969 bits per heavy atom. The molecule has 2 saturated heterocycles. The number of hydrogen-bond acceptors (Lipinski definition) is 6. The molecule has 1 aromatic rings. The van der Waals surface area contributed by atoms with E-state index in [4.69, 9.17) is 14.2 Å². The minimum absolute atomic E-state index is 0.0610. The third-order valence-electron chi connectivity index (χ3n) is 6.46. The molecule has 8 heteroatoms. The number of carbonyl (C=O) groups excluding carboxylic acids is 2. The molecule has 3 rings (SSSR count). The van der Waals surface area contributed by atoms with E-state index in [1.165, 1.54) is 47.3 Å². The Labute approximate surface area is 191 Å². The lowest BCUT2D eigenvalue weighted by atomic mass is 9.92. The van der Waals surface area contributed by atoms with Crippen molar-refractivity contribution in [3.8, 4) is 17.2 Å². The fraction of sp³-hybridized carbons (Fsp3) is 0.667. The van der Waals surface area contributed by atoms with E-state index in [2.05, 4.69) is 10.2 Å². The Morgan fingerprint density at radius 2 is 1.59 bits per heavy atom. The third-order valence-corrected chi connectivity index (χ3v) is 6.46. The highest BCUT2D eigenvalue weighted by Gasteiger charge is 2.27. The molecule has 178 valence electrons. The monoisotopic (exact) mass is 447 g/mol. The summed E-state index contributed by atoms with van der Waals surface area (Å²) in [5, 5.41) is 3.06. The molecule has 2 fully saturated rings. The first kappa shape index (κ1) is 24.2. The lowest BCUT2D eigenvalue weighted by molar-refractivity contribution is -0.122. The first-order valence-corrected chi connectivity index (χ1v) is 11.6. The van der Waals surface area contributed by atoms with Crippen LogP contribution in [0.15, 0.2) is 12.1 Å². The average molecular weight is 448 g/mol. The largest absolute Gasteiger partial charge is 0.493 e. The van der Waals surface area contributed by atoms with Crippen molar-refractivity contribution in [2.75, 3.05) is 60.6 Å². The van der Waals surface area contributed by atoms with E-state index in [1.807, 2.05) is 4.90 Å². The molecule has 0 aromatic heterocycles. The van der Waals surface area contributed by atoms with Gasteiger partial charge in [0.1, 0.15) is 0 Å². The number of rotatable bonds is 10. The van der Waals surface area contributed by atoms with Crippen LogP contribution in [-0.4, -0.2) is 82.2 Å².